The lowest BCUT2D eigenvalue weighted by atomic mass is 9.72. The van der Waals surface area contributed by atoms with Crippen molar-refractivity contribution in [2.24, 2.45) is 0 Å². The summed E-state index contributed by atoms with van der Waals surface area (Å²) in [5.74, 6) is 0.673. The monoisotopic (exact) mass is 321 g/mol. The predicted molar refractivity (Wildman–Crippen MR) is 81.5 cm³/mol. The molecule has 1 aromatic carbocycles. The summed E-state index contributed by atoms with van der Waals surface area (Å²) in [5.41, 5.74) is 3.06. The zero-order chi connectivity index (χ0) is 12.5. The van der Waals surface area contributed by atoms with E-state index >= 15 is 0 Å². The molecule has 1 aliphatic rings. The van der Waals surface area contributed by atoms with Crippen LogP contribution in [0.2, 0.25) is 0 Å². The van der Waals surface area contributed by atoms with E-state index in [4.69, 9.17) is 0 Å². The van der Waals surface area contributed by atoms with Gasteiger partial charge in [0.05, 0.1) is 0 Å². The second-order valence-corrected chi connectivity index (χ2v) is 6.75. The summed E-state index contributed by atoms with van der Waals surface area (Å²) < 4.78 is 1.20. The molecular formula is C15H16BrNS. The number of rotatable bonds is 4. The summed E-state index contributed by atoms with van der Waals surface area (Å²) in [6, 6.07) is 11.6. The van der Waals surface area contributed by atoms with Crippen LogP contribution in [0.1, 0.15) is 21.9 Å². The molecule has 1 aliphatic carbocycles. The first-order valence-electron chi connectivity index (χ1n) is 6.26. The lowest BCUT2D eigenvalue weighted by molar-refractivity contribution is 0.424. The topological polar surface area (TPSA) is 12.0 Å². The predicted octanol–water partition coefficient (Wildman–Crippen LogP) is 3.98. The highest BCUT2D eigenvalue weighted by Gasteiger charge is 2.31. The Hall–Kier alpha value is -0.640. The first kappa shape index (κ1) is 12.4. The highest BCUT2D eigenvalue weighted by molar-refractivity contribution is 9.10. The molecule has 0 saturated carbocycles. The molecule has 0 bridgehead atoms. The number of benzene rings is 1. The molecule has 1 N–H and O–H groups in total. The molecule has 0 radical (unpaired) electrons. The van der Waals surface area contributed by atoms with Crippen molar-refractivity contribution in [2.45, 2.75) is 24.8 Å². The van der Waals surface area contributed by atoms with Crippen LogP contribution in [-0.2, 0) is 12.8 Å². The van der Waals surface area contributed by atoms with Crippen LogP contribution in [0, 0.1) is 0 Å². The quantitative estimate of drug-likeness (QED) is 0.898. The number of likely N-dealkylation sites (N-methyl/N-ethyl adjacent to an activating group) is 1. The maximum atomic E-state index is 3.53. The summed E-state index contributed by atoms with van der Waals surface area (Å²) >= 11 is 5.37. The van der Waals surface area contributed by atoms with E-state index in [0.29, 0.717) is 12.0 Å². The van der Waals surface area contributed by atoms with E-state index in [-0.39, 0.29) is 0 Å². The first-order valence-corrected chi connectivity index (χ1v) is 7.93. The maximum Gasteiger partial charge on any atom is 0.0285 e. The normalized spacial score (nSPS) is 19.1. The SMILES string of the molecule is CNC(Cc1cc(Br)cs1)C1Cc2ccccc21. The smallest absolute Gasteiger partial charge is 0.0285 e. The molecule has 3 heteroatoms. The Balaban J connectivity index is 1.75. The third-order valence-electron chi connectivity index (χ3n) is 3.79. The van der Waals surface area contributed by atoms with Crippen LogP contribution in [0.25, 0.3) is 0 Å². The maximum absolute atomic E-state index is 3.53. The van der Waals surface area contributed by atoms with Gasteiger partial charge in [-0.05, 0) is 53.0 Å². The number of nitrogens with one attached hydrogen (secondary N) is 1. The van der Waals surface area contributed by atoms with Gasteiger partial charge in [-0.25, -0.2) is 0 Å². The largest absolute Gasteiger partial charge is 0.316 e. The minimum atomic E-state index is 0.547. The Morgan fingerprint density at radius 1 is 1.44 bits per heavy atom. The average Bonchev–Trinajstić information content (AvgIpc) is 2.75. The van der Waals surface area contributed by atoms with E-state index in [9.17, 15) is 0 Å². The average molecular weight is 322 g/mol. The molecule has 2 unspecified atom stereocenters. The highest BCUT2D eigenvalue weighted by Crippen LogP contribution is 2.38. The highest BCUT2D eigenvalue weighted by atomic mass is 79.9. The number of fused-ring (bicyclic) bond motifs is 1. The van der Waals surface area contributed by atoms with E-state index in [0.717, 1.165) is 6.42 Å². The fourth-order valence-electron chi connectivity index (χ4n) is 2.78. The molecule has 1 aromatic heterocycles. The van der Waals surface area contributed by atoms with Crippen molar-refractivity contribution in [1.29, 1.82) is 0 Å². The molecule has 3 rings (SSSR count). The lowest BCUT2D eigenvalue weighted by Gasteiger charge is -2.36. The van der Waals surface area contributed by atoms with Gasteiger partial charge in [0, 0.05) is 26.7 Å². The molecule has 18 heavy (non-hydrogen) atoms. The second-order valence-electron chi connectivity index (χ2n) is 4.84. The minimum Gasteiger partial charge on any atom is -0.316 e. The van der Waals surface area contributed by atoms with E-state index < -0.39 is 0 Å². The van der Waals surface area contributed by atoms with Gasteiger partial charge in [0.25, 0.3) is 0 Å². The van der Waals surface area contributed by atoms with Crippen molar-refractivity contribution in [3.63, 3.8) is 0 Å². The van der Waals surface area contributed by atoms with E-state index in [1.165, 1.54) is 26.9 Å². The van der Waals surface area contributed by atoms with Crippen molar-refractivity contribution in [2.75, 3.05) is 7.05 Å². The van der Waals surface area contributed by atoms with E-state index in [1.807, 2.05) is 11.3 Å². The van der Waals surface area contributed by atoms with Gasteiger partial charge >= 0.3 is 0 Å². The van der Waals surface area contributed by atoms with Crippen LogP contribution in [0.5, 0.6) is 0 Å². The second kappa shape index (κ2) is 5.16. The standard InChI is InChI=1S/C15H16BrNS/c1-17-15(8-12-7-11(16)9-18-12)14-6-10-4-2-3-5-13(10)14/h2-5,7,9,14-15,17H,6,8H2,1H3. The Morgan fingerprint density at radius 3 is 2.94 bits per heavy atom. The fourth-order valence-corrected chi connectivity index (χ4v) is 4.29. The zero-order valence-corrected chi connectivity index (χ0v) is 12.7. The van der Waals surface area contributed by atoms with Gasteiger partial charge < -0.3 is 5.32 Å². The number of hydrogen-bond donors (Lipinski definition) is 1. The first-order chi connectivity index (χ1) is 8.78. The lowest BCUT2D eigenvalue weighted by Crippen LogP contribution is -2.39. The summed E-state index contributed by atoms with van der Waals surface area (Å²) in [5, 5.41) is 5.66. The van der Waals surface area contributed by atoms with Crippen molar-refractivity contribution in [1.82, 2.24) is 5.32 Å². The van der Waals surface area contributed by atoms with Crippen LogP contribution >= 0.6 is 27.3 Å². The molecule has 1 nitrogen and oxygen atoms in total. The molecule has 0 aliphatic heterocycles. The molecule has 0 spiro atoms. The molecule has 0 amide bonds. The Bertz CT molecular complexity index is 549. The van der Waals surface area contributed by atoms with Crippen LogP contribution < -0.4 is 5.32 Å². The summed E-state index contributed by atoms with van der Waals surface area (Å²) in [6.07, 6.45) is 2.33. The van der Waals surface area contributed by atoms with Gasteiger partial charge in [0.1, 0.15) is 0 Å². The zero-order valence-electron chi connectivity index (χ0n) is 10.3. The van der Waals surface area contributed by atoms with E-state index in [2.05, 4.69) is 64.0 Å². The number of thiophene rings is 1. The van der Waals surface area contributed by atoms with Gasteiger partial charge in [-0.2, -0.15) is 0 Å². The number of halogens is 1. The molecule has 2 atom stereocenters. The molecule has 0 fully saturated rings. The van der Waals surface area contributed by atoms with Crippen molar-refractivity contribution in [3.05, 3.63) is 56.2 Å². The van der Waals surface area contributed by atoms with Gasteiger partial charge in [-0.15, -0.1) is 11.3 Å². The summed E-state index contributed by atoms with van der Waals surface area (Å²) in [4.78, 5) is 1.45. The Labute approximate surface area is 120 Å². The number of hydrogen-bond acceptors (Lipinski definition) is 2. The van der Waals surface area contributed by atoms with Gasteiger partial charge in [0.15, 0.2) is 0 Å². The van der Waals surface area contributed by atoms with Crippen LogP contribution in [0.15, 0.2) is 40.2 Å². The molecule has 0 saturated heterocycles. The third kappa shape index (κ3) is 2.27. The fraction of sp³-hybridized carbons (Fsp3) is 0.333. The van der Waals surface area contributed by atoms with Crippen LogP contribution in [0.3, 0.4) is 0 Å². The molecule has 2 aromatic rings. The minimum absolute atomic E-state index is 0.547. The van der Waals surface area contributed by atoms with Crippen LogP contribution in [0.4, 0.5) is 0 Å². The van der Waals surface area contributed by atoms with Gasteiger partial charge in [-0.1, -0.05) is 24.3 Å². The van der Waals surface area contributed by atoms with Crippen molar-refractivity contribution < 1.29 is 0 Å². The van der Waals surface area contributed by atoms with Crippen molar-refractivity contribution >= 4 is 27.3 Å². The van der Waals surface area contributed by atoms with Gasteiger partial charge in [0.2, 0.25) is 0 Å². The van der Waals surface area contributed by atoms with E-state index in [1.54, 1.807) is 0 Å². The molecule has 1 heterocycles. The summed E-state index contributed by atoms with van der Waals surface area (Å²) in [6.45, 7) is 0. The van der Waals surface area contributed by atoms with Crippen LogP contribution in [-0.4, -0.2) is 13.1 Å². The summed E-state index contributed by atoms with van der Waals surface area (Å²) in [7, 11) is 2.08. The Morgan fingerprint density at radius 2 is 2.28 bits per heavy atom. The molecule has 94 valence electrons. The Kier molecular flexibility index (Phi) is 3.55. The third-order valence-corrected chi connectivity index (χ3v) is 5.51. The van der Waals surface area contributed by atoms with Crippen molar-refractivity contribution in [3.8, 4) is 0 Å². The molecular weight excluding hydrogens is 306 g/mol. The van der Waals surface area contributed by atoms with Gasteiger partial charge in [-0.3, -0.25) is 0 Å².